The average molecular weight is 282 g/mol. The predicted octanol–water partition coefficient (Wildman–Crippen LogP) is 1.97. The van der Waals surface area contributed by atoms with Gasteiger partial charge in [0.2, 0.25) is 5.91 Å². The van der Waals surface area contributed by atoms with Gasteiger partial charge < -0.3 is 10.1 Å². The van der Waals surface area contributed by atoms with Gasteiger partial charge in [0, 0.05) is 26.3 Å². The Bertz CT molecular complexity index is 409. The van der Waals surface area contributed by atoms with Crippen LogP contribution < -0.4 is 5.32 Å². The van der Waals surface area contributed by atoms with Gasteiger partial charge in [0.15, 0.2) is 0 Å². The van der Waals surface area contributed by atoms with Crippen molar-refractivity contribution < 1.29 is 13.9 Å². The minimum Gasteiger partial charge on any atom is -0.385 e. The van der Waals surface area contributed by atoms with E-state index in [0.717, 1.165) is 12.0 Å². The van der Waals surface area contributed by atoms with Crippen molar-refractivity contribution in [1.29, 1.82) is 0 Å². The largest absolute Gasteiger partial charge is 0.385 e. The van der Waals surface area contributed by atoms with E-state index < -0.39 is 0 Å². The van der Waals surface area contributed by atoms with Crippen molar-refractivity contribution in [3.05, 3.63) is 35.6 Å². The summed E-state index contributed by atoms with van der Waals surface area (Å²) in [5.41, 5.74) is 0.987. The number of nitrogens with zero attached hydrogens (tertiary/aromatic N) is 1. The number of benzene rings is 1. The number of rotatable bonds is 8. The molecule has 0 aromatic heterocycles. The maximum absolute atomic E-state index is 12.9. The van der Waals surface area contributed by atoms with Gasteiger partial charge in [-0.15, -0.1) is 0 Å². The van der Waals surface area contributed by atoms with E-state index in [9.17, 15) is 9.18 Å². The van der Waals surface area contributed by atoms with Crippen LogP contribution in [0.25, 0.3) is 0 Å². The normalized spacial score (nSPS) is 12.4. The van der Waals surface area contributed by atoms with Gasteiger partial charge in [0.1, 0.15) is 5.82 Å². The molecular weight excluding hydrogens is 259 g/mol. The predicted molar refractivity (Wildman–Crippen MR) is 76.9 cm³/mol. The summed E-state index contributed by atoms with van der Waals surface area (Å²) in [7, 11) is 3.52. The molecule has 0 saturated carbocycles. The lowest BCUT2D eigenvalue weighted by molar-refractivity contribution is -0.122. The number of methoxy groups -OCH3 is 1. The zero-order chi connectivity index (χ0) is 15.0. The van der Waals surface area contributed by atoms with Crippen LogP contribution in [0.2, 0.25) is 0 Å². The Kier molecular flexibility index (Phi) is 7.18. The highest BCUT2D eigenvalue weighted by molar-refractivity contribution is 5.78. The minimum atomic E-state index is -0.250. The smallest absolute Gasteiger partial charge is 0.234 e. The molecule has 0 radical (unpaired) electrons. The van der Waals surface area contributed by atoms with Gasteiger partial charge in [-0.3, -0.25) is 9.69 Å². The molecule has 0 heterocycles. The number of carbonyl (C=O) groups is 1. The van der Waals surface area contributed by atoms with E-state index in [4.69, 9.17) is 4.74 Å². The van der Waals surface area contributed by atoms with Crippen LogP contribution in [-0.4, -0.2) is 44.7 Å². The molecular formula is C15H23FN2O2. The molecule has 1 N–H and O–H groups in total. The zero-order valence-electron chi connectivity index (χ0n) is 12.4. The fourth-order valence-corrected chi connectivity index (χ4v) is 1.86. The quantitative estimate of drug-likeness (QED) is 0.741. The van der Waals surface area contributed by atoms with E-state index in [-0.39, 0.29) is 17.8 Å². The second kappa shape index (κ2) is 8.66. The van der Waals surface area contributed by atoms with Crippen molar-refractivity contribution in [3.8, 4) is 0 Å². The van der Waals surface area contributed by atoms with Gasteiger partial charge in [-0.1, -0.05) is 12.1 Å². The Hall–Kier alpha value is -1.46. The van der Waals surface area contributed by atoms with Crippen molar-refractivity contribution in [2.75, 3.05) is 33.9 Å². The first kappa shape index (κ1) is 16.6. The van der Waals surface area contributed by atoms with Crippen LogP contribution in [0.4, 0.5) is 4.39 Å². The lowest BCUT2D eigenvalue weighted by Gasteiger charge is -2.24. The van der Waals surface area contributed by atoms with Gasteiger partial charge in [-0.05, 0) is 38.1 Å². The number of nitrogens with one attached hydrogen (secondary N) is 1. The average Bonchev–Trinajstić information content (AvgIpc) is 2.43. The number of hydrogen-bond acceptors (Lipinski definition) is 3. The summed E-state index contributed by atoms with van der Waals surface area (Å²) in [5, 5.41) is 2.84. The minimum absolute atomic E-state index is 0.0161. The Morgan fingerprint density at radius 2 is 2.05 bits per heavy atom. The Labute approximate surface area is 119 Å². The van der Waals surface area contributed by atoms with Gasteiger partial charge in [0.05, 0.1) is 6.54 Å². The maximum Gasteiger partial charge on any atom is 0.234 e. The van der Waals surface area contributed by atoms with Crippen LogP contribution in [-0.2, 0) is 9.53 Å². The molecule has 112 valence electrons. The number of amides is 1. The molecule has 0 fully saturated rings. The van der Waals surface area contributed by atoms with E-state index >= 15 is 0 Å². The number of halogens is 1. The topological polar surface area (TPSA) is 41.6 Å². The third kappa shape index (κ3) is 5.67. The van der Waals surface area contributed by atoms with Crippen molar-refractivity contribution >= 4 is 5.91 Å². The molecule has 0 aliphatic heterocycles. The summed E-state index contributed by atoms with van der Waals surface area (Å²) in [5.74, 6) is -0.267. The van der Waals surface area contributed by atoms with Crippen LogP contribution in [0.1, 0.15) is 24.9 Å². The molecule has 0 saturated heterocycles. The summed E-state index contributed by atoms with van der Waals surface area (Å²) in [6, 6.07) is 6.41. The highest BCUT2D eigenvalue weighted by Gasteiger charge is 2.14. The first-order valence-electron chi connectivity index (χ1n) is 6.76. The molecule has 0 aliphatic carbocycles. The van der Waals surface area contributed by atoms with Crippen LogP contribution in [0, 0.1) is 5.82 Å². The second-order valence-electron chi connectivity index (χ2n) is 4.84. The monoisotopic (exact) mass is 282 g/mol. The first-order valence-corrected chi connectivity index (χ1v) is 6.76. The molecule has 1 unspecified atom stereocenters. The molecule has 1 aromatic carbocycles. The summed E-state index contributed by atoms with van der Waals surface area (Å²) in [6.45, 7) is 3.56. The van der Waals surface area contributed by atoms with Gasteiger partial charge in [-0.2, -0.15) is 0 Å². The highest BCUT2D eigenvalue weighted by Crippen LogP contribution is 2.18. The van der Waals surface area contributed by atoms with E-state index in [0.29, 0.717) is 19.7 Å². The van der Waals surface area contributed by atoms with E-state index in [1.165, 1.54) is 12.1 Å². The Morgan fingerprint density at radius 3 is 2.65 bits per heavy atom. The zero-order valence-corrected chi connectivity index (χ0v) is 12.4. The van der Waals surface area contributed by atoms with E-state index in [1.807, 2.05) is 18.9 Å². The van der Waals surface area contributed by atoms with Gasteiger partial charge in [-0.25, -0.2) is 4.39 Å². The van der Waals surface area contributed by atoms with Crippen molar-refractivity contribution in [3.63, 3.8) is 0 Å². The molecule has 0 aliphatic rings. The summed E-state index contributed by atoms with van der Waals surface area (Å²) >= 11 is 0. The number of likely N-dealkylation sites (N-methyl/N-ethyl adjacent to an activating group) is 1. The summed E-state index contributed by atoms with van der Waals surface area (Å²) in [4.78, 5) is 13.7. The molecule has 5 heteroatoms. The highest BCUT2D eigenvalue weighted by atomic mass is 19.1. The third-order valence-electron chi connectivity index (χ3n) is 3.25. The van der Waals surface area contributed by atoms with Crippen LogP contribution in [0.3, 0.4) is 0 Å². The van der Waals surface area contributed by atoms with E-state index in [1.54, 1.807) is 19.2 Å². The van der Waals surface area contributed by atoms with Crippen molar-refractivity contribution in [2.45, 2.75) is 19.4 Å². The molecule has 0 spiro atoms. The molecule has 1 aromatic rings. The standard InChI is InChI=1S/C15H23FN2O2/c1-12(13-5-7-14(16)8-6-13)18(2)11-15(19)17-9-4-10-20-3/h5-8,12H,4,9-11H2,1-3H3,(H,17,19). The molecule has 4 nitrogen and oxygen atoms in total. The fourth-order valence-electron chi connectivity index (χ4n) is 1.86. The Morgan fingerprint density at radius 1 is 1.40 bits per heavy atom. The first-order chi connectivity index (χ1) is 9.54. The molecule has 1 amide bonds. The molecule has 1 rings (SSSR count). The van der Waals surface area contributed by atoms with Gasteiger partial charge >= 0.3 is 0 Å². The number of ether oxygens (including phenoxy) is 1. The molecule has 20 heavy (non-hydrogen) atoms. The van der Waals surface area contributed by atoms with Crippen LogP contribution in [0.5, 0.6) is 0 Å². The fraction of sp³-hybridized carbons (Fsp3) is 0.533. The van der Waals surface area contributed by atoms with E-state index in [2.05, 4.69) is 5.32 Å². The lowest BCUT2D eigenvalue weighted by atomic mass is 10.1. The van der Waals surface area contributed by atoms with Crippen LogP contribution in [0.15, 0.2) is 24.3 Å². The lowest BCUT2D eigenvalue weighted by Crippen LogP contribution is -2.37. The van der Waals surface area contributed by atoms with Crippen LogP contribution >= 0.6 is 0 Å². The Balaban J connectivity index is 2.39. The number of hydrogen-bond donors (Lipinski definition) is 1. The summed E-state index contributed by atoms with van der Waals surface area (Å²) < 4.78 is 17.8. The summed E-state index contributed by atoms with van der Waals surface area (Å²) in [6.07, 6.45) is 0.805. The SMILES string of the molecule is COCCCNC(=O)CN(C)C(C)c1ccc(F)cc1. The second-order valence-corrected chi connectivity index (χ2v) is 4.84. The van der Waals surface area contributed by atoms with Crippen molar-refractivity contribution in [2.24, 2.45) is 0 Å². The molecule has 0 bridgehead atoms. The number of carbonyl (C=O) groups excluding carboxylic acids is 1. The van der Waals surface area contributed by atoms with Gasteiger partial charge in [0.25, 0.3) is 0 Å². The maximum atomic E-state index is 12.9. The van der Waals surface area contributed by atoms with Crippen molar-refractivity contribution in [1.82, 2.24) is 10.2 Å². The molecule has 1 atom stereocenters. The third-order valence-corrected chi connectivity index (χ3v) is 3.25.